The second-order valence-corrected chi connectivity index (χ2v) is 8.22. The molecule has 2 N–H and O–H groups in total. The van der Waals surface area contributed by atoms with Gasteiger partial charge < -0.3 is 5.32 Å². The van der Waals surface area contributed by atoms with Gasteiger partial charge in [0.2, 0.25) is 10.0 Å². The number of benzene rings is 1. The van der Waals surface area contributed by atoms with Crippen molar-refractivity contribution in [2.24, 2.45) is 7.05 Å². The average Bonchev–Trinajstić information content (AvgIpc) is 2.85. The fraction of sp³-hybridized carbons (Fsp3) is 0.278. The Morgan fingerprint density at radius 3 is 2.67 bits per heavy atom. The third kappa shape index (κ3) is 4.25. The largest absolute Gasteiger partial charge is 0.348 e. The van der Waals surface area contributed by atoms with Crippen LogP contribution in [0.4, 0.5) is 5.69 Å². The van der Waals surface area contributed by atoms with Crippen LogP contribution in [0.5, 0.6) is 0 Å². The van der Waals surface area contributed by atoms with E-state index in [0.29, 0.717) is 16.9 Å². The van der Waals surface area contributed by atoms with Gasteiger partial charge in [0.05, 0.1) is 22.9 Å². The van der Waals surface area contributed by atoms with Crippen molar-refractivity contribution >= 4 is 32.7 Å². The van der Waals surface area contributed by atoms with E-state index in [9.17, 15) is 13.2 Å². The van der Waals surface area contributed by atoms with Gasteiger partial charge in [-0.05, 0) is 37.6 Å². The van der Waals surface area contributed by atoms with E-state index in [0.717, 1.165) is 28.6 Å². The van der Waals surface area contributed by atoms with E-state index in [-0.39, 0.29) is 12.5 Å². The summed E-state index contributed by atoms with van der Waals surface area (Å²) < 4.78 is 26.8. The molecule has 8 nitrogen and oxygen atoms in total. The van der Waals surface area contributed by atoms with Crippen LogP contribution in [-0.4, -0.2) is 35.3 Å². The fourth-order valence-electron chi connectivity index (χ4n) is 2.99. The van der Waals surface area contributed by atoms with E-state index in [1.807, 2.05) is 19.9 Å². The van der Waals surface area contributed by atoms with Crippen molar-refractivity contribution in [3.8, 4) is 0 Å². The molecule has 1 aromatic carbocycles. The molecule has 0 saturated carbocycles. The lowest BCUT2D eigenvalue weighted by Crippen LogP contribution is -2.23. The molecule has 142 valence electrons. The van der Waals surface area contributed by atoms with E-state index in [4.69, 9.17) is 0 Å². The van der Waals surface area contributed by atoms with Crippen LogP contribution in [0.3, 0.4) is 0 Å². The highest BCUT2D eigenvalue weighted by atomic mass is 32.2. The number of fused-ring (bicyclic) bond motifs is 1. The molecule has 9 heteroatoms. The Hall–Kier alpha value is -2.94. The minimum absolute atomic E-state index is 0.233. The van der Waals surface area contributed by atoms with Gasteiger partial charge in [-0.1, -0.05) is 12.1 Å². The maximum Gasteiger partial charge on any atom is 0.252 e. The number of hydrogen-bond acceptors (Lipinski definition) is 5. The first-order valence-electron chi connectivity index (χ1n) is 8.30. The first-order valence-corrected chi connectivity index (χ1v) is 10.2. The summed E-state index contributed by atoms with van der Waals surface area (Å²) in [6, 6.07) is 8.63. The Balaban J connectivity index is 1.83. The van der Waals surface area contributed by atoms with Crippen LogP contribution in [-0.2, 0) is 23.6 Å². The predicted octanol–water partition coefficient (Wildman–Crippen LogP) is 1.89. The Bertz CT molecular complexity index is 1140. The minimum Gasteiger partial charge on any atom is -0.348 e. The lowest BCUT2D eigenvalue weighted by atomic mass is 10.1. The number of sulfonamides is 1. The number of aromatic nitrogens is 3. The van der Waals surface area contributed by atoms with Crippen LogP contribution in [0, 0.1) is 13.8 Å². The highest BCUT2D eigenvalue weighted by Crippen LogP contribution is 2.21. The molecule has 0 aliphatic carbocycles. The zero-order valence-corrected chi connectivity index (χ0v) is 16.4. The molecule has 0 saturated heterocycles. The molecule has 1 amide bonds. The standard InChI is InChI=1S/C18H21N5O3S/c1-11-8-15(16-12(2)21-23(3)17(16)20-11)18(24)19-10-13-6-5-7-14(9-13)22-27(4,25)26/h5-9,22H,10H2,1-4H3,(H,19,24). The highest BCUT2D eigenvalue weighted by molar-refractivity contribution is 7.92. The minimum atomic E-state index is -3.35. The van der Waals surface area contributed by atoms with Crippen LogP contribution < -0.4 is 10.0 Å². The van der Waals surface area contributed by atoms with E-state index in [1.54, 1.807) is 36.0 Å². The van der Waals surface area contributed by atoms with Crippen molar-refractivity contribution in [1.82, 2.24) is 20.1 Å². The Labute approximate surface area is 157 Å². The SMILES string of the molecule is Cc1cc(C(=O)NCc2cccc(NS(C)(=O)=O)c2)c2c(C)nn(C)c2n1. The third-order valence-corrected chi connectivity index (χ3v) is 4.63. The molecule has 0 unspecified atom stereocenters. The quantitative estimate of drug-likeness (QED) is 0.695. The number of anilines is 1. The molecule has 2 aromatic heterocycles. The monoisotopic (exact) mass is 387 g/mol. The van der Waals surface area contributed by atoms with Crippen molar-refractivity contribution in [2.75, 3.05) is 11.0 Å². The van der Waals surface area contributed by atoms with E-state index >= 15 is 0 Å². The van der Waals surface area contributed by atoms with Gasteiger partial charge in [0, 0.05) is 25.0 Å². The molecule has 0 atom stereocenters. The zero-order valence-electron chi connectivity index (χ0n) is 15.6. The predicted molar refractivity (Wildman–Crippen MR) is 104 cm³/mol. The summed E-state index contributed by atoms with van der Waals surface area (Å²) in [5.41, 5.74) is 3.89. The molecule has 0 aliphatic heterocycles. The molecule has 2 heterocycles. The van der Waals surface area contributed by atoms with Crippen LogP contribution in [0.25, 0.3) is 11.0 Å². The number of hydrogen-bond donors (Lipinski definition) is 2. The van der Waals surface area contributed by atoms with Gasteiger partial charge in [0.25, 0.3) is 5.91 Å². The Kier molecular flexibility index (Phi) is 4.88. The molecule has 27 heavy (non-hydrogen) atoms. The number of pyridine rings is 1. The van der Waals surface area contributed by atoms with Gasteiger partial charge in [-0.15, -0.1) is 0 Å². The molecule has 0 fully saturated rings. The van der Waals surface area contributed by atoms with E-state index < -0.39 is 10.0 Å². The number of carbonyl (C=O) groups is 1. The molecule has 0 aliphatic rings. The number of nitrogens with zero attached hydrogens (tertiary/aromatic N) is 3. The highest BCUT2D eigenvalue weighted by Gasteiger charge is 2.17. The van der Waals surface area contributed by atoms with Crippen LogP contribution in [0.15, 0.2) is 30.3 Å². The van der Waals surface area contributed by atoms with Gasteiger partial charge in [0.1, 0.15) is 0 Å². The van der Waals surface area contributed by atoms with Crippen molar-refractivity contribution in [3.63, 3.8) is 0 Å². The van der Waals surface area contributed by atoms with Crippen molar-refractivity contribution < 1.29 is 13.2 Å². The van der Waals surface area contributed by atoms with E-state index in [1.165, 1.54) is 0 Å². The van der Waals surface area contributed by atoms with Gasteiger partial charge in [0.15, 0.2) is 5.65 Å². The smallest absolute Gasteiger partial charge is 0.252 e. The first kappa shape index (κ1) is 18.8. The summed E-state index contributed by atoms with van der Waals surface area (Å²) in [6.07, 6.45) is 1.09. The second kappa shape index (κ2) is 6.99. The summed E-state index contributed by atoms with van der Waals surface area (Å²) >= 11 is 0. The maximum atomic E-state index is 12.8. The number of carbonyl (C=O) groups excluding carboxylic acids is 1. The summed E-state index contributed by atoms with van der Waals surface area (Å²) in [5, 5.41) is 7.96. The maximum absolute atomic E-state index is 12.8. The van der Waals surface area contributed by atoms with Gasteiger partial charge >= 0.3 is 0 Å². The van der Waals surface area contributed by atoms with E-state index in [2.05, 4.69) is 20.1 Å². The van der Waals surface area contributed by atoms with Gasteiger partial charge in [-0.3, -0.25) is 14.2 Å². The summed E-state index contributed by atoms with van der Waals surface area (Å²) in [6.45, 7) is 3.94. The van der Waals surface area contributed by atoms with Crippen molar-refractivity contribution in [2.45, 2.75) is 20.4 Å². The van der Waals surface area contributed by atoms with Gasteiger partial charge in [-0.2, -0.15) is 5.10 Å². The molecular weight excluding hydrogens is 366 g/mol. The lowest BCUT2D eigenvalue weighted by molar-refractivity contribution is 0.0952. The number of aryl methyl sites for hydroxylation is 3. The molecule has 3 rings (SSSR count). The normalized spacial score (nSPS) is 11.6. The molecule has 3 aromatic rings. The lowest BCUT2D eigenvalue weighted by Gasteiger charge is -2.10. The second-order valence-electron chi connectivity index (χ2n) is 6.48. The first-order chi connectivity index (χ1) is 12.6. The molecule has 0 radical (unpaired) electrons. The number of nitrogens with one attached hydrogen (secondary N) is 2. The molecular formula is C18H21N5O3S. The summed E-state index contributed by atoms with van der Waals surface area (Å²) in [5.74, 6) is -0.233. The Morgan fingerprint density at radius 1 is 1.22 bits per heavy atom. The third-order valence-electron chi connectivity index (χ3n) is 4.02. The fourth-order valence-corrected chi connectivity index (χ4v) is 3.54. The zero-order chi connectivity index (χ0) is 19.8. The molecule has 0 spiro atoms. The van der Waals surface area contributed by atoms with Crippen LogP contribution >= 0.6 is 0 Å². The molecule has 0 bridgehead atoms. The average molecular weight is 387 g/mol. The van der Waals surface area contributed by atoms with Gasteiger partial charge in [-0.25, -0.2) is 13.4 Å². The Morgan fingerprint density at radius 2 is 1.96 bits per heavy atom. The number of rotatable bonds is 5. The number of amides is 1. The van der Waals surface area contributed by atoms with Crippen molar-refractivity contribution in [3.05, 3.63) is 52.8 Å². The van der Waals surface area contributed by atoms with Crippen LogP contribution in [0.1, 0.15) is 27.3 Å². The van der Waals surface area contributed by atoms with Crippen molar-refractivity contribution in [1.29, 1.82) is 0 Å². The summed E-state index contributed by atoms with van der Waals surface area (Å²) in [7, 11) is -1.56. The summed E-state index contributed by atoms with van der Waals surface area (Å²) in [4.78, 5) is 17.2. The van der Waals surface area contributed by atoms with Crippen LogP contribution in [0.2, 0.25) is 0 Å². The topological polar surface area (TPSA) is 106 Å².